The van der Waals surface area contributed by atoms with Gasteiger partial charge in [0.05, 0.1) is 18.5 Å². The van der Waals surface area contributed by atoms with Crippen molar-refractivity contribution in [2.45, 2.75) is 69.3 Å². The monoisotopic (exact) mass is 570 g/mol. The Hall–Kier alpha value is -4.27. The van der Waals surface area contributed by atoms with Crippen LogP contribution in [0, 0.1) is 0 Å². The molecule has 0 aliphatic heterocycles. The predicted molar refractivity (Wildman–Crippen MR) is 150 cm³/mol. The van der Waals surface area contributed by atoms with Crippen LogP contribution in [0.4, 0.5) is 0 Å². The second kappa shape index (κ2) is 14.9. The number of aliphatic hydroxyl groups excluding tert-OH is 1. The number of nitrogens with zero attached hydrogens (tertiary/aromatic N) is 1. The maximum absolute atomic E-state index is 13.6. The third-order valence-corrected chi connectivity index (χ3v) is 6.69. The maximum Gasteiger partial charge on any atom is 0.328 e. The Morgan fingerprint density at radius 1 is 0.976 bits per heavy atom. The second-order valence-electron chi connectivity index (χ2n) is 9.92. The van der Waals surface area contributed by atoms with Crippen molar-refractivity contribution in [3.63, 3.8) is 0 Å². The van der Waals surface area contributed by atoms with Crippen LogP contribution in [-0.4, -0.2) is 85.7 Å². The fourth-order valence-corrected chi connectivity index (χ4v) is 4.41. The highest BCUT2D eigenvalue weighted by atomic mass is 16.4. The molecule has 14 nitrogen and oxygen atoms in total. The fourth-order valence-electron chi connectivity index (χ4n) is 4.41. The molecule has 5 atom stereocenters. The van der Waals surface area contributed by atoms with E-state index in [2.05, 4.69) is 30.9 Å². The number of aliphatic hydroxyl groups is 1. The number of nitrogens with two attached hydrogens (primary N) is 2. The largest absolute Gasteiger partial charge is 0.480 e. The summed E-state index contributed by atoms with van der Waals surface area (Å²) >= 11 is 0. The second-order valence-corrected chi connectivity index (χ2v) is 9.92. The molecule has 0 aliphatic rings. The van der Waals surface area contributed by atoms with E-state index in [1.165, 1.54) is 13.3 Å². The first-order valence-electron chi connectivity index (χ1n) is 13.4. The lowest BCUT2D eigenvalue weighted by Gasteiger charge is -2.26. The summed E-state index contributed by atoms with van der Waals surface area (Å²) in [6.07, 6.45) is 4.82. The van der Waals surface area contributed by atoms with Gasteiger partial charge in [-0.1, -0.05) is 18.2 Å². The van der Waals surface area contributed by atoms with E-state index in [4.69, 9.17) is 11.5 Å². The molecule has 0 spiro atoms. The number of carbonyl (C=O) groups excluding carboxylic acids is 3. The molecule has 0 radical (unpaired) electrons. The minimum absolute atomic E-state index is 0.0843. The number of hydrogen-bond donors (Lipinski definition) is 9. The molecular weight excluding hydrogens is 532 g/mol. The van der Waals surface area contributed by atoms with Crippen LogP contribution in [0.2, 0.25) is 0 Å². The van der Waals surface area contributed by atoms with E-state index in [0.717, 1.165) is 16.5 Å². The van der Waals surface area contributed by atoms with Gasteiger partial charge in [0, 0.05) is 41.8 Å². The summed E-state index contributed by atoms with van der Waals surface area (Å²) in [5.74, 6) is -3.44. The number of aromatic nitrogens is 3. The summed E-state index contributed by atoms with van der Waals surface area (Å²) in [6, 6.07) is 2.66. The van der Waals surface area contributed by atoms with Crippen LogP contribution in [0.5, 0.6) is 0 Å². The average Bonchev–Trinajstić information content (AvgIpc) is 3.60. The van der Waals surface area contributed by atoms with Gasteiger partial charge in [0.15, 0.2) is 6.04 Å². The van der Waals surface area contributed by atoms with Crippen LogP contribution in [0.3, 0.4) is 0 Å². The zero-order valence-electron chi connectivity index (χ0n) is 22.8. The van der Waals surface area contributed by atoms with Crippen molar-refractivity contribution in [1.82, 2.24) is 30.9 Å². The van der Waals surface area contributed by atoms with Crippen LogP contribution in [-0.2, 0) is 32.0 Å². The Labute approximate surface area is 236 Å². The van der Waals surface area contributed by atoms with Gasteiger partial charge in [-0.05, 0) is 44.4 Å². The number of amides is 3. The molecule has 3 amide bonds. The van der Waals surface area contributed by atoms with Gasteiger partial charge in [0.2, 0.25) is 17.7 Å². The first kappa shape index (κ1) is 31.3. The van der Waals surface area contributed by atoms with E-state index in [9.17, 15) is 29.4 Å². The molecule has 0 saturated carbocycles. The van der Waals surface area contributed by atoms with Crippen LogP contribution >= 0.6 is 0 Å². The first-order valence-corrected chi connectivity index (χ1v) is 13.4. The number of fused-ring (bicyclic) bond motifs is 1. The Bertz CT molecular complexity index is 1310. The number of imidazole rings is 1. The van der Waals surface area contributed by atoms with Gasteiger partial charge in [-0.25, -0.2) is 9.78 Å². The van der Waals surface area contributed by atoms with Crippen molar-refractivity contribution in [1.29, 1.82) is 0 Å². The molecule has 2 heterocycles. The summed E-state index contributed by atoms with van der Waals surface area (Å²) in [5.41, 5.74) is 13.9. The molecule has 0 bridgehead atoms. The molecule has 11 N–H and O–H groups in total. The van der Waals surface area contributed by atoms with Crippen molar-refractivity contribution >= 4 is 34.6 Å². The summed E-state index contributed by atoms with van der Waals surface area (Å²) in [6.45, 7) is 1.60. The third-order valence-electron chi connectivity index (χ3n) is 6.69. The van der Waals surface area contributed by atoms with Crippen molar-refractivity contribution in [3.8, 4) is 0 Å². The molecule has 0 fully saturated rings. The van der Waals surface area contributed by atoms with E-state index in [1.54, 1.807) is 12.4 Å². The maximum atomic E-state index is 13.6. The number of aromatic amines is 2. The minimum Gasteiger partial charge on any atom is -0.480 e. The molecule has 5 unspecified atom stereocenters. The molecule has 3 rings (SSSR count). The number of aliphatic carboxylic acids is 1. The lowest BCUT2D eigenvalue weighted by molar-refractivity contribution is -0.145. The first-order chi connectivity index (χ1) is 19.6. The number of carboxylic acid groups (broad SMARTS) is 1. The van der Waals surface area contributed by atoms with E-state index < -0.39 is 54.0 Å². The third kappa shape index (κ3) is 8.86. The summed E-state index contributed by atoms with van der Waals surface area (Å²) in [4.78, 5) is 61.2. The van der Waals surface area contributed by atoms with Crippen LogP contribution < -0.4 is 27.4 Å². The topological polar surface area (TPSA) is 241 Å². The predicted octanol–water partition coefficient (Wildman–Crippen LogP) is -0.948. The molecule has 0 aliphatic carbocycles. The lowest BCUT2D eigenvalue weighted by Crippen LogP contribution is -2.58. The van der Waals surface area contributed by atoms with E-state index in [0.29, 0.717) is 25.1 Å². The molecule has 14 heteroatoms. The minimum atomic E-state index is -1.57. The molecule has 3 aromatic rings. The number of para-hydroxylation sites is 1. The number of rotatable bonds is 16. The number of nitrogens with one attached hydrogen (secondary N) is 5. The summed E-state index contributed by atoms with van der Waals surface area (Å²) in [5, 5.41) is 27.7. The summed E-state index contributed by atoms with van der Waals surface area (Å²) < 4.78 is 0. The Kier molecular flexibility index (Phi) is 11.4. The number of benzene rings is 1. The van der Waals surface area contributed by atoms with Crippen LogP contribution in [0.1, 0.15) is 37.4 Å². The molecule has 0 saturated heterocycles. The van der Waals surface area contributed by atoms with E-state index in [1.807, 2.05) is 24.3 Å². The number of hydrogen-bond acceptors (Lipinski definition) is 8. The van der Waals surface area contributed by atoms with Crippen LogP contribution in [0.15, 0.2) is 43.0 Å². The Morgan fingerprint density at radius 3 is 2.34 bits per heavy atom. The van der Waals surface area contributed by atoms with Crippen LogP contribution in [0.25, 0.3) is 10.9 Å². The fraction of sp³-hybridized carbons (Fsp3) is 0.444. The van der Waals surface area contributed by atoms with Gasteiger partial charge in [0.1, 0.15) is 12.1 Å². The zero-order valence-corrected chi connectivity index (χ0v) is 22.8. The number of carboxylic acids is 1. The highest BCUT2D eigenvalue weighted by molar-refractivity contribution is 5.95. The van der Waals surface area contributed by atoms with Gasteiger partial charge in [-0.3, -0.25) is 14.4 Å². The number of H-pyrrole nitrogens is 2. The number of unbranched alkanes of at least 4 members (excludes halogenated alkanes) is 1. The highest BCUT2D eigenvalue weighted by Crippen LogP contribution is 2.19. The van der Waals surface area contributed by atoms with Gasteiger partial charge < -0.3 is 47.6 Å². The normalized spacial score (nSPS) is 14.9. The standard InChI is InChI=1S/C27H38N8O6/c1-15(36)23(27(40)41)35-25(38)21(8-4-5-9-28)33-26(39)22(10-16-12-31-20-7-3-2-6-18(16)20)34-24(37)19(29)11-17-13-30-14-32-17/h2-3,6-7,12-15,19,21-23,31,36H,4-5,8-11,28-29H2,1H3,(H,30,32)(H,33,39)(H,34,37)(H,35,38)(H,40,41). The van der Waals surface area contributed by atoms with E-state index in [-0.39, 0.29) is 19.3 Å². The lowest BCUT2D eigenvalue weighted by atomic mass is 10.0. The molecular formula is C27H38N8O6. The summed E-state index contributed by atoms with van der Waals surface area (Å²) in [7, 11) is 0. The van der Waals surface area contributed by atoms with Crippen molar-refractivity contribution in [2.24, 2.45) is 11.5 Å². The highest BCUT2D eigenvalue weighted by Gasteiger charge is 2.32. The molecule has 41 heavy (non-hydrogen) atoms. The quantitative estimate of drug-likeness (QED) is 0.0963. The smallest absolute Gasteiger partial charge is 0.328 e. The van der Waals surface area contributed by atoms with Crippen molar-refractivity contribution < 1.29 is 29.4 Å². The number of carbonyl (C=O) groups is 4. The van der Waals surface area contributed by atoms with Gasteiger partial charge in [-0.2, -0.15) is 0 Å². The van der Waals surface area contributed by atoms with Gasteiger partial charge in [-0.15, -0.1) is 0 Å². The average molecular weight is 571 g/mol. The molecule has 1 aromatic carbocycles. The Balaban J connectivity index is 1.82. The van der Waals surface area contributed by atoms with Crippen molar-refractivity contribution in [3.05, 3.63) is 54.2 Å². The zero-order chi connectivity index (χ0) is 29.9. The molecule has 222 valence electrons. The van der Waals surface area contributed by atoms with Crippen molar-refractivity contribution in [2.75, 3.05) is 6.54 Å². The molecule has 2 aromatic heterocycles. The Morgan fingerprint density at radius 2 is 1.68 bits per heavy atom. The van der Waals surface area contributed by atoms with E-state index >= 15 is 0 Å². The van der Waals surface area contributed by atoms with Gasteiger partial charge in [0.25, 0.3) is 0 Å². The van der Waals surface area contributed by atoms with Gasteiger partial charge >= 0.3 is 5.97 Å². The SMILES string of the molecule is CC(O)C(NC(=O)C(CCCCN)NC(=O)C(Cc1c[nH]c2ccccc12)NC(=O)C(N)Cc1cnc[nH]1)C(=O)O.